The van der Waals surface area contributed by atoms with Crippen LogP contribution < -0.4 is 19.6 Å². The Labute approximate surface area is 178 Å². The van der Waals surface area contributed by atoms with Crippen LogP contribution in [0.4, 0.5) is 5.82 Å². The Morgan fingerprint density at radius 2 is 1.67 bits per heavy atom. The van der Waals surface area contributed by atoms with Gasteiger partial charge in [0.15, 0.2) is 17.3 Å². The first-order valence-electron chi connectivity index (χ1n) is 9.12. The minimum absolute atomic E-state index is 0.586. The molecule has 0 aliphatic rings. The third kappa shape index (κ3) is 3.77. The zero-order chi connectivity index (χ0) is 20.9. The fraction of sp³-hybridized carbons (Fsp3) is 0.136. The van der Waals surface area contributed by atoms with Crippen molar-refractivity contribution in [1.82, 2.24) is 9.97 Å². The molecule has 2 aromatic heterocycles. The van der Waals surface area contributed by atoms with Gasteiger partial charge in [-0.05, 0) is 11.6 Å². The van der Waals surface area contributed by atoms with E-state index < -0.39 is 0 Å². The lowest BCUT2D eigenvalue weighted by molar-refractivity contribution is 0.349. The van der Waals surface area contributed by atoms with E-state index in [1.807, 2.05) is 18.2 Å². The molecule has 0 aliphatic heterocycles. The number of hydrogen-bond acceptors (Lipinski definition) is 8. The lowest BCUT2D eigenvalue weighted by atomic mass is 10.1. The van der Waals surface area contributed by atoms with Gasteiger partial charge in [0.25, 0.3) is 0 Å². The van der Waals surface area contributed by atoms with Crippen LogP contribution in [-0.4, -0.2) is 37.5 Å². The van der Waals surface area contributed by atoms with Crippen LogP contribution in [0.25, 0.3) is 21.3 Å². The van der Waals surface area contributed by atoms with E-state index in [4.69, 9.17) is 14.2 Å². The minimum atomic E-state index is 0.586. The van der Waals surface area contributed by atoms with Crippen molar-refractivity contribution in [1.29, 1.82) is 0 Å². The first-order valence-corrected chi connectivity index (χ1v) is 9.99. The summed E-state index contributed by atoms with van der Waals surface area (Å²) in [5.74, 6) is 2.43. The molecule has 1 N–H and O–H groups in total. The molecule has 30 heavy (non-hydrogen) atoms. The van der Waals surface area contributed by atoms with Crippen molar-refractivity contribution in [2.24, 2.45) is 5.10 Å². The lowest BCUT2D eigenvalue weighted by Crippen LogP contribution is -1.99. The van der Waals surface area contributed by atoms with Crippen molar-refractivity contribution in [3.63, 3.8) is 0 Å². The van der Waals surface area contributed by atoms with Gasteiger partial charge in [0.2, 0.25) is 0 Å². The first-order chi connectivity index (χ1) is 14.7. The summed E-state index contributed by atoms with van der Waals surface area (Å²) in [6, 6.07) is 13.7. The number of benzene rings is 2. The number of rotatable bonds is 7. The maximum Gasteiger partial charge on any atom is 0.164 e. The molecule has 0 atom stereocenters. The summed E-state index contributed by atoms with van der Waals surface area (Å²) in [5.41, 5.74) is 5.96. The van der Waals surface area contributed by atoms with Gasteiger partial charge < -0.3 is 14.2 Å². The van der Waals surface area contributed by atoms with Crippen LogP contribution in [0.3, 0.4) is 0 Å². The molecule has 0 saturated carbocycles. The smallest absolute Gasteiger partial charge is 0.164 e. The molecular formula is C22H20N4O3S. The Balaban J connectivity index is 1.68. The van der Waals surface area contributed by atoms with Crippen LogP contribution in [0.2, 0.25) is 0 Å². The van der Waals surface area contributed by atoms with Gasteiger partial charge in [-0.15, -0.1) is 11.3 Å². The molecule has 4 rings (SSSR count). The van der Waals surface area contributed by atoms with E-state index in [0.717, 1.165) is 26.9 Å². The van der Waals surface area contributed by atoms with E-state index in [-0.39, 0.29) is 0 Å². The summed E-state index contributed by atoms with van der Waals surface area (Å²) in [4.78, 5) is 9.68. The third-order valence-electron chi connectivity index (χ3n) is 4.57. The summed E-state index contributed by atoms with van der Waals surface area (Å²) in [5, 5.41) is 7.40. The molecule has 0 fully saturated rings. The molecular weight excluding hydrogens is 400 g/mol. The van der Waals surface area contributed by atoms with Crippen LogP contribution in [0.15, 0.2) is 59.3 Å². The molecule has 0 unspecified atom stereocenters. The van der Waals surface area contributed by atoms with Crippen molar-refractivity contribution in [2.75, 3.05) is 26.8 Å². The van der Waals surface area contributed by atoms with Crippen molar-refractivity contribution >= 4 is 33.6 Å². The molecule has 152 valence electrons. The SMILES string of the molecule is COc1cc(OC)c(OC)cc1C=NNc1ncnc2scc(-c3ccccc3)c12. The van der Waals surface area contributed by atoms with E-state index in [2.05, 4.69) is 38.0 Å². The largest absolute Gasteiger partial charge is 0.496 e. The Kier molecular flexibility index (Phi) is 5.76. The normalized spacial score (nSPS) is 11.0. The molecule has 7 nitrogen and oxygen atoms in total. The molecule has 4 aromatic rings. The zero-order valence-electron chi connectivity index (χ0n) is 16.7. The molecule has 2 heterocycles. The molecule has 0 spiro atoms. The molecule has 0 amide bonds. The highest BCUT2D eigenvalue weighted by Crippen LogP contribution is 2.36. The second-order valence-electron chi connectivity index (χ2n) is 6.24. The Hall–Kier alpha value is -3.65. The molecule has 2 aromatic carbocycles. The van der Waals surface area contributed by atoms with E-state index in [1.54, 1.807) is 51.0 Å². The highest BCUT2D eigenvalue weighted by atomic mass is 32.1. The summed E-state index contributed by atoms with van der Waals surface area (Å²) >= 11 is 1.57. The summed E-state index contributed by atoms with van der Waals surface area (Å²) in [6.07, 6.45) is 3.19. The number of hydrogen-bond donors (Lipinski definition) is 1. The zero-order valence-corrected chi connectivity index (χ0v) is 17.6. The number of nitrogens with zero attached hydrogens (tertiary/aromatic N) is 3. The van der Waals surface area contributed by atoms with Gasteiger partial charge in [-0.2, -0.15) is 5.10 Å². The van der Waals surface area contributed by atoms with E-state index >= 15 is 0 Å². The van der Waals surface area contributed by atoms with E-state index in [9.17, 15) is 0 Å². The molecule has 8 heteroatoms. The van der Waals surface area contributed by atoms with E-state index in [1.165, 1.54) is 6.33 Å². The fourth-order valence-electron chi connectivity index (χ4n) is 3.11. The van der Waals surface area contributed by atoms with Crippen LogP contribution in [-0.2, 0) is 0 Å². The van der Waals surface area contributed by atoms with Crippen molar-refractivity contribution < 1.29 is 14.2 Å². The quantitative estimate of drug-likeness (QED) is 0.341. The monoisotopic (exact) mass is 420 g/mol. The standard InChI is InChI=1S/C22H20N4O3S/c1-27-17-10-19(29-3)18(28-2)9-15(17)11-25-26-21-20-16(14-7-5-4-6-8-14)12-30-22(20)24-13-23-21/h4-13H,1-3H3,(H,23,24,26). The molecule has 0 radical (unpaired) electrons. The van der Waals surface area contributed by atoms with Crippen LogP contribution in [0.5, 0.6) is 17.2 Å². The van der Waals surface area contributed by atoms with Gasteiger partial charge in [-0.3, -0.25) is 5.43 Å². The average Bonchev–Trinajstić information content (AvgIpc) is 3.24. The van der Waals surface area contributed by atoms with Gasteiger partial charge in [-0.25, -0.2) is 9.97 Å². The number of nitrogens with one attached hydrogen (secondary N) is 1. The van der Waals surface area contributed by atoms with Crippen molar-refractivity contribution in [3.05, 3.63) is 59.7 Å². The number of anilines is 1. The van der Waals surface area contributed by atoms with E-state index in [0.29, 0.717) is 23.1 Å². The van der Waals surface area contributed by atoms with Crippen LogP contribution in [0, 0.1) is 0 Å². The highest BCUT2D eigenvalue weighted by molar-refractivity contribution is 7.17. The number of hydrazone groups is 1. The van der Waals surface area contributed by atoms with Crippen LogP contribution >= 0.6 is 11.3 Å². The van der Waals surface area contributed by atoms with Gasteiger partial charge >= 0.3 is 0 Å². The van der Waals surface area contributed by atoms with Crippen LogP contribution in [0.1, 0.15) is 5.56 Å². The number of fused-ring (bicyclic) bond motifs is 1. The van der Waals surface area contributed by atoms with Gasteiger partial charge in [-0.1, -0.05) is 30.3 Å². The average molecular weight is 420 g/mol. The first kappa shape index (κ1) is 19.7. The summed E-state index contributed by atoms with van der Waals surface area (Å²) < 4.78 is 16.1. The second-order valence-corrected chi connectivity index (χ2v) is 7.10. The highest BCUT2D eigenvalue weighted by Gasteiger charge is 2.13. The predicted molar refractivity (Wildman–Crippen MR) is 120 cm³/mol. The predicted octanol–water partition coefficient (Wildman–Crippen LogP) is 4.83. The summed E-state index contributed by atoms with van der Waals surface area (Å²) in [7, 11) is 4.76. The van der Waals surface area contributed by atoms with Gasteiger partial charge in [0.05, 0.1) is 32.9 Å². The van der Waals surface area contributed by atoms with Gasteiger partial charge in [0, 0.05) is 22.6 Å². The molecule has 0 aliphatic carbocycles. The Morgan fingerprint density at radius 3 is 2.40 bits per heavy atom. The van der Waals surface area contributed by atoms with Crippen molar-refractivity contribution in [3.8, 4) is 28.4 Å². The maximum absolute atomic E-state index is 5.45. The Morgan fingerprint density at radius 1 is 0.933 bits per heavy atom. The molecule has 0 bridgehead atoms. The van der Waals surface area contributed by atoms with Gasteiger partial charge in [0.1, 0.15) is 16.9 Å². The van der Waals surface area contributed by atoms with Crippen molar-refractivity contribution in [2.45, 2.75) is 0 Å². The third-order valence-corrected chi connectivity index (χ3v) is 5.45. The number of ether oxygens (including phenoxy) is 3. The topological polar surface area (TPSA) is 77.9 Å². The molecule has 0 saturated heterocycles. The Bertz CT molecular complexity index is 1190. The fourth-order valence-corrected chi connectivity index (χ4v) is 4.02. The number of aromatic nitrogens is 2. The second kappa shape index (κ2) is 8.79. The number of thiophene rings is 1. The minimum Gasteiger partial charge on any atom is -0.496 e. The lowest BCUT2D eigenvalue weighted by Gasteiger charge is -2.11. The number of methoxy groups -OCH3 is 3. The maximum atomic E-state index is 5.45. The summed E-state index contributed by atoms with van der Waals surface area (Å²) in [6.45, 7) is 0.